The van der Waals surface area contributed by atoms with Crippen molar-refractivity contribution in [1.29, 1.82) is 0 Å². The summed E-state index contributed by atoms with van der Waals surface area (Å²) in [6.07, 6.45) is 2.63. The average molecular weight is 435 g/mol. The number of nitrogens with zero attached hydrogens (tertiary/aromatic N) is 4. The van der Waals surface area contributed by atoms with E-state index in [1.54, 1.807) is 22.5 Å². The van der Waals surface area contributed by atoms with Gasteiger partial charge >= 0.3 is 0 Å². The number of piperazine rings is 1. The number of benzene rings is 2. The van der Waals surface area contributed by atoms with Gasteiger partial charge in [-0.3, -0.25) is 9.69 Å². The Morgan fingerprint density at radius 1 is 1.06 bits per heavy atom. The molecular weight excluding hydrogens is 404 g/mol. The molecule has 1 aromatic heterocycles. The number of likely N-dealkylation sites (N-methyl/N-ethyl adjacent to an activating group) is 1. The number of carbonyl (C=O) groups is 1. The molecule has 5 nitrogen and oxygen atoms in total. The van der Waals surface area contributed by atoms with Crippen molar-refractivity contribution in [2.75, 3.05) is 49.6 Å². The minimum Gasteiger partial charge on any atom is -0.353 e. The molecule has 1 aliphatic rings. The molecule has 0 saturated carbocycles. The molecule has 0 atom stereocenters. The normalized spacial score (nSPS) is 14.6. The zero-order valence-corrected chi connectivity index (χ0v) is 19.4. The minimum atomic E-state index is 0.0246. The van der Waals surface area contributed by atoms with E-state index in [-0.39, 0.29) is 5.91 Å². The molecule has 31 heavy (non-hydrogen) atoms. The first-order chi connectivity index (χ1) is 15.0. The van der Waals surface area contributed by atoms with Gasteiger partial charge in [0.05, 0.1) is 4.70 Å². The van der Waals surface area contributed by atoms with Gasteiger partial charge in [-0.2, -0.15) is 4.37 Å². The summed E-state index contributed by atoms with van der Waals surface area (Å²) in [4.78, 5) is 19.2. The zero-order chi connectivity index (χ0) is 21.8. The van der Waals surface area contributed by atoms with E-state index in [4.69, 9.17) is 4.37 Å². The lowest BCUT2D eigenvalue weighted by atomic mass is 10.1. The Bertz CT molecular complexity index is 1080. The van der Waals surface area contributed by atoms with Crippen molar-refractivity contribution < 1.29 is 4.79 Å². The van der Waals surface area contributed by atoms with Crippen molar-refractivity contribution in [1.82, 2.24) is 9.27 Å². The lowest BCUT2D eigenvalue weighted by Crippen LogP contribution is -2.47. The van der Waals surface area contributed by atoms with Gasteiger partial charge in [0.1, 0.15) is 5.82 Å². The van der Waals surface area contributed by atoms with Crippen LogP contribution in [0.15, 0.2) is 60.2 Å². The number of amides is 1. The summed E-state index contributed by atoms with van der Waals surface area (Å²) in [5.41, 5.74) is 3.23. The van der Waals surface area contributed by atoms with Gasteiger partial charge in [-0.25, -0.2) is 0 Å². The molecule has 1 amide bonds. The van der Waals surface area contributed by atoms with Crippen molar-refractivity contribution in [3.63, 3.8) is 0 Å². The molecule has 0 radical (unpaired) electrons. The van der Waals surface area contributed by atoms with Crippen LogP contribution >= 0.6 is 11.5 Å². The number of carbonyl (C=O) groups excluding carboxylic acids is 1. The molecule has 1 fully saturated rings. The summed E-state index contributed by atoms with van der Waals surface area (Å²) in [5.74, 6) is 1.15. The first kappa shape index (κ1) is 21.5. The number of hydrogen-bond donors (Lipinski definition) is 0. The molecule has 2 heterocycles. The predicted molar refractivity (Wildman–Crippen MR) is 131 cm³/mol. The van der Waals surface area contributed by atoms with E-state index in [0.29, 0.717) is 0 Å². The van der Waals surface area contributed by atoms with Crippen LogP contribution < -0.4 is 9.80 Å². The summed E-state index contributed by atoms with van der Waals surface area (Å²) in [6.45, 7) is 8.94. The van der Waals surface area contributed by atoms with Gasteiger partial charge in [0.25, 0.3) is 5.91 Å². The van der Waals surface area contributed by atoms with Gasteiger partial charge in [0.2, 0.25) is 0 Å². The maximum absolute atomic E-state index is 12.5. The zero-order valence-electron chi connectivity index (χ0n) is 18.5. The van der Waals surface area contributed by atoms with Crippen molar-refractivity contribution in [3.05, 3.63) is 65.7 Å². The number of para-hydroxylation sites is 1. The van der Waals surface area contributed by atoms with Gasteiger partial charge < -0.3 is 9.80 Å². The number of rotatable bonds is 6. The molecular formula is C25H30N4OS. The monoisotopic (exact) mass is 434 g/mol. The molecule has 1 saturated heterocycles. The third-order valence-corrected chi connectivity index (χ3v) is 6.64. The van der Waals surface area contributed by atoms with Crippen LogP contribution in [0.2, 0.25) is 0 Å². The topological polar surface area (TPSA) is 39.7 Å². The lowest BCUT2D eigenvalue weighted by Gasteiger charge is -2.35. The fraction of sp³-hybridized carbons (Fsp3) is 0.360. The molecule has 0 spiro atoms. The van der Waals surface area contributed by atoms with Gasteiger partial charge in [0, 0.05) is 56.9 Å². The summed E-state index contributed by atoms with van der Waals surface area (Å²) < 4.78 is 5.97. The third kappa shape index (κ3) is 4.97. The maximum Gasteiger partial charge on any atom is 0.250 e. The van der Waals surface area contributed by atoms with Crippen LogP contribution in [0.5, 0.6) is 0 Å². The van der Waals surface area contributed by atoms with Crippen molar-refractivity contribution in [3.8, 4) is 0 Å². The Labute approximate surface area is 188 Å². The summed E-state index contributed by atoms with van der Waals surface area (Å²) in [7, 11) is 1.86. The standard InChI is InChI=1S/C25H30N4OS/c1-19(2)18-24(30)27(3)22-10-6-4-8-20(22)12-13-28-14-16-29(17-15-28)25-21-9-5-7-11-23(21)31-26-25/h4-11,18H,12-17H2,1-3H3. The Morgan fingerprint density at radius 2 is 1.77 bits per heavy atom. The predicted octanol–water partition coefficient (Wildman–Crippen LogP) is 4.59. The molecule has 0 unspecified atom stereocenters. The van der Waals surface area contributed by atoms with Gasteiger partial charge in [0.15, 0.2) is 0 Å². The van der Waals surface area contributed by atoms with Crippen LogP contribution in [-0.4, -0.2) is 55.0 Å². The molecule has 0 aliphatic carbocycles. The first-order valence-corrected chi connectivity index (χ1v) is 11.6. The summed E-state index contributed by atoms with van der Waals surface area (Å²) >= 11 is 1.58. The van der Waals surface area contributed by atoms with Crippen LogP contribution in [0.4, 0.5) is 11.5 Å². The smallest absolute Gasteiger partial charge is 0.250 e. The number of anilines is 2. The fourth-order valence-electron chi connectivity index (χ4n) is 4.07. The number of allylic oxidation sites excluding steroid dienone is 1. The highest BCUT2D eigenvalue weighted by atomic mass is 32.1. The highest BCUT2D eigenvalue weighted by molar-refractivity contribution is 7.13. The quantitative estimate of drug-likeness (QED) is 0.532. The molecule has 162 valence electrons. The van der Waals surface area contributed by atoms with Crippen molar-refractivity contribution >= 4 is 39.0 Å². The number of hydrogen-bond acceptors (Lipinski definition) is 5. The van der Waals surface area contributed by atoms with Gasteiger partial charge in [-0.15, -0.1) is 0 Å². The largest absolute Gasteiger partial charge is 0.353 e. The van der Waals surface area contributed by atoms with Gasteiger partial charge in [-0.05, 0) is 55.6 Å². The van der Waals surface area contributed by atoms with E-state index < -0.39 is 0 Å². The second-order valence-electron chi connectivity index (χ2n) is 8.33. The summed E-state index contributed by atoms with van der Waals surface area (Å²) in [6, 6.07) is 16.7. The molecule has 0 bridgehead atoms. The molecule has 3 aromatic rings. The van der Waals surface area contributed by atoms with Crippen LogP contribution in [0.25, 0.3) is 10.1 Å². The van der Waals surface area contributed by atoms with E-state index in [0.717, 1.165) is 56.2 Å². The SMILES string of the molecule is CC(C)=CC(=O)N(C)c1ccccc1CCN1CCN(c2nsc3ccccc23)CC1. The van der Waals surface area contributed by atoms with Crippen molar-refractivity contribution in [2.24, 2.45) is 0 Å². The molecule has 6 heteroatoms. The highest BCUT2D eigenvalue weighted by Crippen LogP contribution is 2.30. The highest BCUT2D eigenvalue weighted by Gasteiger charge is 2.21. The fourth-order valence-corrected chi connectivity index (χ4v) is 4.87. The average Bonchev–Trinajstić information content (AvgIpc) is 3.21. The Kier molecular flexibility index (Phi) is 6.68. The van der Waals surface area contributed by atoms with Crippen LogP contribution in [0, 0.1) is 0 Å². The van der Waals surface area contributed by atoms with E-state index in [1.165, 1.54) is 15.6 Å². The molecule has 1 aliphatic heterocycles. The van der Waals surface area contributed by atoms with E-state index in [2.05, 4.69) is 46.2 Å². The van der Waals surface area contributed by atoms with Crippen LogP contribution in [-0.2, 0) is 11.2 Å². The number of fused-ring (bicyclic) bond motifs is 1. The van der Waals surface area contributed by atoms with Gasteiger partial charge in [-0.1, -0.05) is 35.9 Å². The first-order valence-electron chi connectivity index (χ1n) is 10.8. The second kappa shape index (κ2) is 9.62. The number of aromatic nitrogens is 1. The molecule has 2 aromatic carbocycles. The Balaban J connectivity index is 1.36. The Morgan fingerprint density at radius 3 is 2.55 bits per heavy atom. The van der Waals surface area contributed by atoms with E-state index in [9.17, 15) is 4.79 Å². The molecule has 0 N–H and O–H groups in total. The van der Waals surface area contributed by atoms with Crippen molar-refractivity contribution in [2.45, 2.75) is 20.3 Å². The summed E-state index contributed by atoms with van der Waals surface area (Å²) in [5, 5.41) is 1.26. The second-order valence-corrected chi connectivity index (χ2v) is 9.13. The maximum atomic E-state index is 12.5. The minimum absolute atomic E-state index is 0.0246. The van der Waals surface area contributed by atoms with Crippen LogP contribution in [0.1, 0.15) is 19.4 Å². The molecule has 4 rings (SSSR count). The lowest BCUT2D eigenvalue weighted by molar-refractivity contribution is -0.113. The van der Waals surface area contributed by atoms with Crippen LogP contribution in [0.3, 0.4) is 0 Å². The Hall–Kier alpha value is -2.70. The van der Waals surface area contributed by atoms with E-state index in [1.807, 2.05) is 33.0 Å². The van der Waals surface area contributed by atoms with E-state index >= 15 is 0 Å². The third-order valence-electron chi connectivity index (χ3n) is 5.82.